The van der Waals surface area contributed by atoms with Crippen molar-refractivity contribution in [2.75, 3.05) is 5.32 Å². The first-order valence-corrected chi connectivity index (χ1v) is 6.85. The molecule has 0 fully saturated rings. The molecule has 0 aliphatic rings. The summed E-state index contributed by atoms with van der Waals surface area (Å²) in [6.45, 7) is 4.29. The number of hydrogen-bond donors (Lipinski definition) is 1. The Kier molecular flexibility index (Phi) is 3.37. The molecule has 1 aromatic carbocycles. The number of aromatic nitrogens is 2. The Bertz CT molecular complexity index is 707. The molecule has 4 heteroatoms. The van der Waals surface area contributed by atoms with Crippen molar-refractivity contribution in [2.24, 2.45) is 0 Å². The first-order chi connectivity index (χ1) is 9.78. The van der Waals surface area contributed by atoms with Crippen LogP contribution in [0.4, 0.5) is 5.82 Å². The molecule has 0 amide bonds. The number of nitrogens with one attached hydrogen (secondary N) is 1. The second-order valence-corrected chi connectivity index (χ2v) is 4.84. The molecule has 3 rings (SSSR count). The van der Waals surface area contributed by atoms with Crippen molar-refractivity contribution in [3.05, 3.63) is 42.7 Å². The average Bonchev–Trinajstić information content (AvgIpc) is 3.01. The average molecular weight is 267 g/mol. The summed E-state index contributed by atoms with van der Waals surface area (Å²) in [7, 11) is 0. The summed E-state index contributed by atoms with van der Waals surface area (Å²) >= 11 is 0. The molecular weight excluding hydrogens is 250 g/mol. The third kappa shape index (κ3) is 2.37. The molecule has 3 aromatic rings. The highest BCUT2D eigenvalue weighted by Gasteiger charge is 2.12. The van der Waals surface area contributed by atoms with Gasteiger partial charge in [-0.1, -0.05) is 19.1 Å². The first-order valence-electron chi connectivity index (χ1n) is 6.85. The van der Waals surface area contributed by atoms with Crippen LogP contribution in [0, 0.1) is 0 Å². The van der Waals surface area contributed by atoms with E-state index in [1.807, 2.05) is 36.4 Å². The van der Waals surface area contributed by atoms with Crippen molar-refractivity contribution >= 4 is 16.7 Å². The van der Waals surface area contributed by atoms with Crippen LogP contribution in [0.1, 0.15) is 20.3 Å². The van der Waals surface area contributed by atoms with Gasteiger partial charge in [-0.05, 0) is 37.6 Å². The summed E-state index contributed by atoms with van der Waals surface area (Å²) in [4.78, 5) is 9.18. The van der Waals surface area contributed by atoms with Gasteiger partial charge in [-0.2, -0.15) is 0 Å². The van der Waals surface area contributed by atoms with Gasteiger partial charge in [0.25, 0.3) is 0 Å². The Labute approximate surface area is 117 Å². The van der Waals surface area contributed by atoms with Crippen LogP contribution >= 0.6 is 0 Å². The zero-order valence-electron chi connectivity index (χ0n) is 11.6. The lowest BCUT2D eigenvalue weighted by atomic mass is 10.2. The van der Waals surface area contributed by atoms with Crippen molar-refractivity contribution < 1.29 is 4.42 Å². The number of rotatable bonds is 4. The number of hydrogen-bond acceptors (Lipinski definition) is 4. The number of benzene rings is 1. The van der Waals surface area contributed by atoms with Crippen molar-refractivity contribution in [3.63, 3.8) is 0 Å². The largest absolute Gasteiger partial charge is 0.461 e. The second-order valence-electron chi connectivity index (χ2n) is 4.84. The highest BCUT2D eigenvalue weighted by molar-refractivity contribution is 5.90. The molecule has 0 spiro atoms. The van der Waals surface area contributed by atoms with Crippen molar-refractivity contribution in [2.45, 2.75) is 26.3 Å². The second kappa shape index (κ2) is 5.33. The lowest BCUT2D eigenvalue weighted by Crippen LogP contribution is -2.15. The minimum Gasteiger partial charge on any atom is -0.461 e. The number of anilines is 1. The fraction of sp³-hybridized carbons (Fsp3) is 0.250. The Hall–Kier alpha value is -2.36. The van der Waals surface area contributed by atoms with Gasteiger partial charge in [0, 0.05) is 11.4 Å². The summed E-state index contributed by atoms with van der Waals surface area (Å²) in [5.41, 5.74) is 0.916. The van der Waals surface area contributed by atoms with E-state index in [1.165, 1.54) is 0 Å². The fourth-order valence-corrected chi connectivity index (χ4v) is 2.04. The van der Waals surface area contributed by atoms with Gasteiger partial charge >= 0.3 is 0 Å². The minimum absolute atomic E-state index is 0.359. The van der Waals surface area contributed by atoms with Crippen LogP contribution in [-0.4, -0.2) is 16.0 Å². The van der Waals surface area contributed by atoms with Crippen LogP contribution < -0.4 is 5.32 Å². The predicted molar refractivity (Wildman–Crippen MR) is 80.6 cm³/mol. The Morgan fingerprint density at radius 2 is 2.00 bits per heavy atom. The molecule has 0 aliphatic carbocycles. The number of fused-ring (bicyclic) bond motifs is 1. The highest BCUT2D eigenvalue weighted by atomic mass is 16.3. The maximum absolute atomic E-state index is 5.40. The summed E-state index contributed by atoms with van der Waals surface area (Å²) in [5.74, 6) is 2.15. The molecule has 20 heavy (non-hydrogen) atoms. The highest BCUT2D eigenvalue weighted by Crippen LogP contribution is 2.25. The number of para-hydroxylation sites is 1. The van der Waals surface area contributed by atoms with Gasteiger partial charge in [-0.3, -0.25) is 0 Å². The summed E-state index contributed by atoms with van der Waals surface area (Å²) in [6, 6.07) is 12.1. The van der Waals surface area contributed by atoms with Gasteiger partial charge in [0.15, 0.2) is 11.6 Å². The predicted octanol–water partition coefficient (Wildman–Crippen LogP) is 4.10. The van der Waals surface area contributed by atoms with Crippen LogP contribution in [0.5, 0.6) is 0 Å². The van der Waals surface area contributed by atoms with E-state index in [4.69, 9.17) is 4.42 Å². The lowest BCUT2D eigenvalue weighted by molar-refractivity contribution is 0.577. The van der Waals surface area contributed by atoms with Gasteiger partial charge in [0.1, 0.15) is 5.82 Å². The topological polar surface area (TPSA) is 51.0 Å². The summed E-state index contributed by atoms with van der Waals surface area (Å²) < 4.78 is 5.40. The SMILES string of the molecule is CC[C@H](C)Nc1nc(-c2ccco2)nc2ccccc12. The standard InChI is InChI=1S/C16H17N3O/c1-3-11(2)17-15-12-7-4-5-8-13(12)18-16(19-15)14-9-6-10-20-14/h4-11H,3H2,1-2H3,(H,17,18,19)/t11-/m0/s1. The molecule has 102 valence electrons. The molecule has 1 N–H and O–H groups in total. The van der Waals surface area contributed by atoms with E-state index in [2.05, 4.69) is 29.1 Å². The van der Waals surface area contributed by atoms with E-state index in [0.717, 1.165) is 23.1 Å². The molecule has 1 atom stereocenters. The maximum atomic E-state index is 5.40. The van der Waals surface area contributed by atoms with Crippen molar-refractivity contribution in [3.8, 4) is 11.6 Å². The Morgan fingerprint density at radius 3 is 2.75 bits per heavy atom. The zero-order valence-corrected chi connectivity index (χ0v) is 11.6. The van der Waals surface area contributed by atoms with Crippen LogP contribution in [-0.2, 0) is 0 Å². The van der Waals surface area contributed by atoms with Crippen LogP contribution in [0.2, 0.25) is 0 Å². The molecule has 0 radical (unpaired) electrons. The Morgan fingerprint density at radius 1 is 1.15 bits per heavy atom. The zero-order chi connectivity index (χ0) is 13.9. The summed E-state index contributed by atoms with van der Waals surface area (Å²) in [5, 5.41) is 4.47. The van der Waals surface area contributed by atoms with Crippen LogP contribution in [0.25, 0.3) is 22.5 Å². The van der Waals surface area contributed by atoms with E-state index in [1.54, 1.807) is 6.26 Å². The molecule has 0 bridgehead atoms. The van der Waals surface area contributed by atoms with E-state index in [9.17, 15) is 0 Å². The minimum atomic E-state index is 0.359. The molecule has 0 saturated carbocycles. The van der Waals surface area contributed by atoms with Gasteiger partial charge in [-0.15, -0.1) is 0 Å². The quantitative estimate of drug-likeness (QED) is 0.773. The van der Waals surface area contributed by atoms with E-state index in [-0.39, 0.29) is 0 Å². The fourth-order valence-electron chi connectivity index (χ4n) is 2.04. The van der Waals surface area contributed by atoms with Crippen LogP contribution in [0.3, 0.4) is 0 Å². The summed E-state index contributed by atoms with van der Waals surface area (Å²) in [6.07, 6.45) is 2.67. The molecule has 2 heterocycles. The number of nitrogens with zero attached hydrogens (tertiary/aromatic N) is 2. The van der Waals surface area contributed by atoms with Gasteiger partial charge in [0.2, 0.25) is 0 Å². The van der Waals surface area contributed by atoms with Gasteiger partial charge < -0.3 is 9.73 Å². The van der Waals surface area contributed by atoms with E-state index >= 15 is 0 Å². The molecule has 2 aromatic heterocycles. The molecule has 0 saturated heterocycles. The smallest absolute Gasteiger partial charge is 0.198 e. The van der Waals surface area contributed by atoms with Gasteiger partial charge in [0.05, 0.1) is 11.8 Å². The lowest BCUT2D eigenvalue weighted by Gasteiger charge is -2.14. The van der Waals surface area contributed by atoms with Crippen molar-refractivity contribution in [1.29, 1.82) is 0 Å². The molecule has 0 aliphatic heterocycles. The van der Waals surface area contributed by atoms with Gasteiger partial charge in [-0.25, -0.2) is 9.97 Å². The van der Waals surface area contributed by atoms with Crippen LogP contribution in [0.15, 0.2) is 47.1 Å². The van der Waals surface area contributed by atoms with E-state index in [0.29, 0.717) is 17.6 Å². The third-order valence-corrected chi connectivity index (χ3v) is 3.34. The normalized spacial score (nSPS) is 12.5. The number of furan rings is 1. The molecule has 0 unspecified atom stereocenters. The Balaban J connectivity index is 2.15. The molecular formula is C16H17N3O. The van der Waals surface area contributed by atoms with Crippen molar-refractivity contribution in [1.82, 2.24) is 9.97 Å². The maximum Gasteiger partial charge on any atom is 0.198 e. The third-order valence-electron chi connectivity index (χ3n) is 3.34. The first kappa shape index (κ1) is 12.7. The van der Waals surface area contributed by atoms with E-state index < -0.39 is 0 Å². The molecule has 4 nitrogen and oxygen atoms in total. The monoisotopic (exact) mass is 267 g/mol.